The summed E-state index contributed by atoms with van der Waals surface area (Å²) in [5, 5.41) is 14.7. The fraction of sp³-hybridized carbons (Fsp3) is 0.882. The lowest BCUT2D eigenvalue weighted by molar-refractivity contribution is 0.339. The van der Waals surface area contributed by atoms with Crippen LogP contribution in [-0.2, 0) is 12.8 Å². The molecule has 21 heavy (non-hydrogen) atoms. The molecule has 120 valence electrons. The molecule has 1 N–H and O–H groups in total. The van der Waals surface area contributed by atoms with Crippen LogP contribution in [0.1, 0.15) is 68.8 Å². The molecule has 0 aromatic carbocycles. The van der Waals surface area contributed by atoms with E-state index in [-0.39, 0.29) is 0 Å². The van der Waals surface area contributed by atoms with Crippen molar-refractivity contribution in [2.24, 2.45) is 11.8 Å². The van der Waals surface area contributed by atoms with E-state index in [2.05, 4.69) is 29.4 Å². The minimum absolute atomic E-state index is 0.734. The summed E-state index contributed by atoms with van der Waals surface area (Å²) >= 11 is 1.84. The summed E-state index contributed by atoms with van der Waals surface area (Å²) in [6, 6.07) is 0. The number of nitrogens with zero attached hydrogens (tertiary/aromatic N) is 2. The normalized spacial score (nSPS) is 16.7. The molecule has 1 aliphatic rings. The molecule has 1 saturated carbocycles. The smallest absolute Gasteiger partial charge is 0.117 e. The molecule has 0 unspecified atom stereocenters. The predicted molar refractivity (Wildman–Crippen MR) is 90.8 cm³/mol. The minimum Gasteiger partial charge on any atom is -0.316 e. The largest absolute Gasteiger partial charge is 0.316 e. The second-order valence-electron chi connectivity index (χ2n) is 6.83. The van der Waals surface area contributed by atoms with Gasteiger partial charge < -0.3 is 5.32 Å². The van der Waals surface area contributed by atoms with Gasteiger partial charge in [0.05, 0.1) is 0 Å². The maximum absolute atomic E-state index is 4.38. The van der Waals surface area contributed by atoms with Crippen LogP contribution in [0, 0.1) is 11.8 Å². The quantitative estimate of drug-likeness (QED) is 0.694. The Hall–Kier alpha value is -0.480. The predicted octanol–water partition coefficient (Wildman–Crippen LogP) is 4.23. The van der Waals surface area contributed by atoms with Gasteiger partial charge in [0, 0.05) is 12.8 Å². The standard InChI is InChI=1S/C17H31N3S/c1-14(2)13-18-12-6-9-16-19-20-17(21-16)11-10-15-7-4-3-5-8-15/h14-15,18H,3-13H2,1-2H3. The van der Waals surface area contributed by atoms with Gasteiger partial charge in [0.25, 0.3) is 0 Å². The molecule has 0 bridgehead atoms. The van der Waals surface area contributed by atoms with Crippen molar-refractivity contribution in [2.45, 2.75) is 71.6 Å². The summed E-state index contributed by atoms with van der Waals surface area (Å²) in [5.74, 6) is 1.68. The molecule has 1 aromatic heterocycles. The van der Waals surface area contributed by atoms with Crippen molar-refractivity contribution < 1.29 is 0 Å². The Labute approximate surface area is 133 Å². The highest BCUT2D eigenvalue weighted by molar-refractivity contribution is 7.11. The van der Waals surface area contributed by atoms with Gasteiger partial charge in [0.1, 0.15) is 10.0 Å². The number of aryl methyl sites for hydroxylation is 2. The Balaban J connectivity index is 1.59. The summed E-state index contributed by atoms with van der Waals surface area (Å²) in [5.41, 5.74) is 0. The molecule has 0 spiro atoms. The summed E-state index contributed by atoms with van der Waals surface area (Å²) in [6.07, 6.45) is 11.9. The van der Waals surface area contributed by atoms with Crippen LogP contribution in [0.3, 0.4) is 0 Å². The van der Waals surface area contributed by atoms with Gasteiger partial charge in [-0.3, -0.25) is 0 Å². The zero-order valence-electron chi connectivity index (χ0n) is 13.7. The molecule has 1 fully saturated rings. The van der Waals surface area contributed by atoms with E-state index in [9.17, 15) is 0 Å². The van der Waals surface area contributed by atoms with Crippen molar-refractivity contribution in [1.29, 1.82) is 0 Å². The van der Waals surface area contributed by atoms with Crippen LogP contribution in [0.4, 0.5) is 0 Å². The maximum Gasteiger partial charge on any atom is 0.117 e. The Morgan fingerprint density at radius 2 is 1.81 bits per heavy atom. The van der Waals surface area contributed by atoms with Crippen molar-refractivity contribution in [3.05, 3.63) is 10.0 Å². The molecule has 0 amide bonds. The van der Waals surface area contributed by atoms with Gasteiger partial charge in [-0.1, -0.05) is 46.0 Å². The van der Waals surface area contributed by atoms with Crippen molar-refractivity contribution in [1.82, 2.24) is 15.5 Å². The van der Waals surface area contributed by atoms with Crippen molar-refractivity contribution in [3.8, 4) is 0 Å². The third kappa shape index (κ3) is 6.88. The molecule has 0 aliphatic heterocycles. The Bertz CT molecular complexity index is 383. The fourth-order valence-electron chi connectivity index (χ4n) is 3.05. The number of hydrogen-bond acceptors (Lipinski definition) is 4. The molecular weight excluding hydrogens is 278 g/mol. The Morgan fingerprint density at radius 3 is 2.52 bits per heavy atom. The molecule has 0 atom stereocenters. The first-order valence-corrected chi connectivity index (χ1v) is 9.57. The van der Waals surface area contributed by atoms with Crippen LogP contribution in [0.25, 0.3) is 0 Å². The summed E-state index contributed by atoms with van der Waals surface area (Å²) < 4.78 is 0. The van der Waals surface area contributed by atoms with Crippen LogP contribution in [-0.4, -0.2) is 23.3 Å². The lowest BCUT2D eigenvalue weighted by atomic mass is 9.86. The maximum atomic E-state index is 4.38. The molecule has 4 heteroatoms. The second-order valence-corrected chi connectivity index (χ2v) is 7.98. The van der Waals surface area contributed by atoms with E-state index < -0.39 is 0 Å². The van der Waals surface area contributed by atoms with Crippen LogP contribution in [0.2, 0.25) is 0 Å². The van der Waals surface area contributed by atoms with Gasteiger partial charge in [-0.15, -0.1) is 21.5 Å². The zero-order chi connectivity index (χ0) is 14.9. The van der Waals surface area contributed by atoms with Gasteiger partial charge in [-0.05, 0) is 37.8 Å². The average Bonchev–Trinajstić information content (AvgIpc) is 2.93. The highest BCUT2D eigenvalue weighted by Crippen LogP contribution is 2.28. The first kappa shape index (κ1) is 16.9. The van der Waals surface area contributed by atoms with E-state index in [0.717, 1.165) is 37.8 Å². The Kier molecular flexibility index (Phi) is 7.65. The van der Waals surface area contributed by atoms with Crippen LogP contribution >= 0.6 is 11.3 Å². The van der Waals surface area contributed by atoms with E-state index in [4.69, 9.17) is 0 Å². The van der Waals surface area contributed by atoms with E-state index >= 15 is 0 Å². The first-order valence-electron chi connectivity index (χ1n) is 8.76. The van der Waals surface area contributed by atoms with E-state index in [1.54, 1.807) is 0 Å². The monoisotopic (exact) mass is 309 g/mol. The number of hydrogen-bond donors (Lipinski definition) is 1. The molecule has 0 radical (unpaired) electrons. The summed E-state index contributed by atoms with van der Waals surface area (Å²) in [6.45, 7) is 6.70. The lowest BCUT2D eigenvalue weighted by Crippen LogP contribution is -2.21. The number of rotatable bonds is 9. The highest BCUT2D eigenvalue weighted by Gasteiger charge is 2.14. The molecule has 1 aromatic rings. The molecule has 1 heterocycles. The highest BCUT2D eigenvalue weighted by atomic mass is 32.1. The van der Waals surface area contributed by atoms with Gasteiger partial charge in [-0.25, -0.2) is 0 Å². The summed E-state index contributed by atoms with van der Waals surface area (Å²) in [7, 11) is 0. The third-order valence-corrected chi connectivity index (χ3v) is 5.34. The van der Waals surface area contributed by atoms with Crippen LogP contribution in [0.5, 0.6) is 0 Å². The Morgan fingerprint density at radius 1 is 1.10 bits per heavy atom. The average molecular weight is 310 g/mol. The van der Waals surface area contributed by atoms with Gasteiger partial charge in [0.2, 0.25) is 0 Å². The first-order chi connectivity index (χ1) is 10.2. The van der Waals surface area contributed by atoms with Crippen LogP contribution in [0.15, 0.2) is 0 Å². The number of nitrogens with one attached hydrogen (secondary N) is 1. The van der Waals surface area contributed by atoms with E-state index in [0.29, 0.717) is 0 Å². The minimum atomic E-state index is 0.734. The zero-order valence-corrected chi connectivity index (χ0v) is 14.6. The molecule has 2 rings (SSSR count). The van der Waals surface area contributed by atoms with E-state index in [1.807, 2.05) is 11.3 Å². The van der Waals surface area contributed by atoms with Crippen LogP contribution < -0.4 is 5.32 Å². The fourth-order valence-corrected chi connectivity index (χ4v) is 3.95. The second kappa shape index (κ2) is 9.52. The summed E-state index contributed by atoms with van der Waals surface area (Å²) in [4.78, 5) is 0. The molecular formula is C17H31N3S. The lowest BCUT2D eigenvalue weighted by Gasteiger charge is -2.20. The SMILES string of the molecule is CC(C)CNCCCc1nnc(CCC2CCCCC2)s1. The van der Waals surface area contributed by atoms with Crippen molar-refractivity contribution >= 4 is 11.3 Å². The van der Waals surface area contributed by atoms with Crippen molar-refractivity contribution in [3.63, 3.8) is 0 Å². The topological polar surface area (TPSA) is 37.8 Å². The molecule has 1 aliphatic carbocycles. The van der Waals surface area contributed by atoms with E-state index in [1.165, 1.54) is 55.0 Å². The molecule has 0 saturated heterocycles. The van der Waals surface area contributed by atoms with Gasteiger partial charge >= 0.3 is 0 Å². The van der Waals surface area contributed by atoms with Crippen molar-refractivity contribution in [2.75, 3.05) is 13.1 Å². The number of aromatic nitrogens is 2. The third-order valence-electron chi connectivity index (χ3n) is 4.30. The molecule has 3 nitrogen and oxygen atoms in total. The van der Waals surface area contributed by atoms with Gasteiger partial charge in [0.15, 0.2) is 0 Å². The van der Waals surface area contributed by atoms with Gasteiger partial charge in [-0.2, -0.15) is 0 Å².